The lowest BCUT2D eigenvalue weighted by Crippen LogP contribution is -2.18. The summed E-state index contributed by atoms with van der Waals surface area (Å²) in [6.07, 6.45) is 5.03. The highest BCUT2D eigenvalue weighted by Gasteiger charge is 2.24. The number of ketones is 2. The number of nitrogens with zero attached hydrogens (tertiary/aromatic N) is 2. The summed E-state index contributed by atoms with van der Waals surface area (Å²) in [5.41, 5.74) is 3.16. The summed E-state index contributed by atoms with van der Waals surface area (Å²) >= 11 is 0. The zero-order valence-electron chi connectivity index (χ0n) is 23.9. The van der Waals surface area contributed by atoms with Crippen LogP contribution < -0.4 is 0 Å². The number of rotatable bonds is 10. The van der Waals surface area contributed by atoms with E-state index in [1.807, 2.05) is 24.3 Å². The number of ether oxygens (including phenoxy) is 1. The van der Waals surface area contributed by atoms with Crippen molar-refractivity contribution in [2.75, 3.05) is 7.11 Å². The van der Waals surface area contributed by atoms with Crippen molar-refractivity contribution < 1.29 is 28.8 Å². The van der Waals surface area contributed by atoms with Gasteiger partial charge >= 0.3 is 11.9 Å². The van der Waals surface area contributed by atoms with E-state index in [0.29, 0.717) is 17.7 Å². The van der Waals surface area contributed by atoms with Crippen molar-refractivity contribution in [2.45, 2.75) is 58.4 Å². The highest BCUT2D eigenvalue weighted by Crippen LogP contribution is 2.33. The van der Waals surface area contributed by atoms with E-state index >= 15 is 0 Å². The highest BCUT2D eigenvalue weighted by molar-refractivity contribution is 6.46. The second kappa shape index (κ2) is 12.9. The van der Waals surface area contributed by atoms with Crippen molar-refractivity contribution in [1.82, 2.24) is 4.57 Å². The summed E-state index contributed by atoms with van der Waals surface area (Å²) in [5.74, 6) is -1.45. The molecule has 1 fully saturated rings. The largest absolute Gasteiger partial charge is 0.469 e. The maximum absolute atomic E-state index is 13.7. The Morgan fingerprint density at radius 2 is 1.45 bits per heavy atom. The van der Waals surface area contributed by atoms with Crippen LogP contribution in [0.4, 0.5) is 0 Å². The summed E-state index contributed by atoms with van der Waals surface area (Å²) in [6, 6.07) is 19.5. The van der Waals surface area contributed by atoms with Gasteiger partial charge in [0.15, 0.2) is 5.78 Å². The number of carbonyl (C=O) groups excluding carboxylic acids is 4. The van der Waals surface area contributed by atoms with Crippen LogP contribution in [0.2, 0.25) is 0 Å². The molecule has 0 bridgehead atoms. The van der Waals surface area contributed by atoms with Gasteiger partial charge in [-0.05, 0) is 68.3 Å². The third-order valence-electron chi connectivity index (χ3n) is 8.01. The molecular weight excluding hydrogens is 532 g/mol. The van der Waals surface area contributed by atoms with Crippen molar-refractivity contribution in [3.05, 3.63) is 83.4 Å². The van der Waals surface area contributed by atoms with E-state index in [4.69, 9.17) is 9.57 Å². The van der Waals surface area contributed by atoms with Crippen LogP contribution in [0.15, 0.2) is 71.9 Å². The molecule has 0 unspecified atom stereocenters. The number of hydrogen-bond donors (Lipinski definition) is 0. The molecule has 0 spiro atoms. The van der Waals surface area contributed by atoms with Crippen molar-refractivity contribution in [3.63, 3.8) is 0 Å². The van der Waals surface area contributed by atoms with Crippen molar-refractivity contribution in [1.29, 1.82) is 0 Å². The van der Waals surface area contributed by atoms with E-state index in [9.17, 15) is 19.2 Å². The fourth-order valence-electron chi connectivity index (χ4n) is 5.75. The van der Waals surface area contributed by atoms with Crippen LogP contribution in [0, 0.1) is 5.92 Å². The molecule has 8 nitrogen and oxygen atoms in total. The van der Waals surface area contributed by atoms with Gasteiger partial charge < -0.3 is 14.1 Å². The standard InChI is InChI=1S/C34H34N2O6/c1-3-36-29-17-14-24(32(38)22-10-6-4-7-11-22)20-26(29)27-21-25(15-18-30(27)36)33(39)28(16-19-31(37)41-2)35-42-34(40)23-12-8-5-9-13-23/h5,8-9,12-15,17-18,20-22H,3-4,6-7,10-11,16,19H2,1-2H3/b35-28-. The summed E-state index contributed by atoms with van der Waals surface area (Å²) in [7, 11) is 1.26. The number of carbonyl (C=O) groups is 4. The van der Waals surface area contributed by atoms with Gasteiger partial charge in [0.05, 0.1) is 19.1 Å². The SMILES string of the molecule is CCn1c2ccc(C(=O)/C(CCC(=O)OC)=N\OC(=O)c3ccccc3)cc2c2cc(C(=O)C3CCCCC3)ccc21. The lowest BCUT2D eigenvalue weighted by atomic mass is 9.83. The molecule has 3 aromatic carbocycles. The fraction of sp³-hybridized carbons (Fsp3) is 0.324. The van der Waals surface area contributed by atoms with Crippen LogP contribution in [0.25, 0.3) is 21.8 Å². The Labute approximate surface area is 244 Å². The maximum atomic E-state index is 13.7. The molecule has 1 saturated carbocycles. The number of fused-ring (bicyclic) bond motifs is 3. The summed E-state index contributed by atoms with van der Waals surface area (Å²) in [5, 5.41) is 5.63. The van der Waals surface area contributed by atoms with Crippen LogP contribution in [0.5, 0.6) is 0 Å². The molecule has 0 radical (unpaired) electrons. The van der Waals surface area contributed by atoms with Gasteiger partial charge in [-0.3, -0.25) is 14.4 Å². The minimum Gasteiger partial charge on any atom is -0.469 e. The average molecular weight is 567 g/mol. The maximum Gasteiger partial charge on any atom is 0.365 e. The highest BCUT2D eigenvalue weighted by atomic mass is 16.7. The smallest absolute Gasteiger partial charge is 0.365 e. The number of aromatic nitrogens is 1. The Morgan fingerprint density at radius 3 is 2.10 bits per heavy atom. The predicted octanol–water partition coefficient (Wildman–Crippen LogP) is 6.93. The molecule has 216 valence electrons. The number of benzene rings is 3. The number of hydrogen-bond acceptors (Lipinski definition) is 7. The zero-order chi connectivity index (χ0) is 29.6. The summed E-state index contributed by atoms with van der Waals surface area (Å²) in [6.45, 7) is 2.77. The monoisotopic (exact) mass is 566 g/mol. The summed E-state index contributed by atoms with van der Waals surface area (Å²) < 4.78 is 6.89. The molecule has 1 aliphatic carbocycles. The van der Waals surface area contributed by atoms with Crippen LogP contribution >= 0.6 is 0 Å². The van der Waals surface area contributed by atoms with Gasteiger partial charge in [0.2, 0.25) is 5.78 Å². The Balaban J connectivity index is 1.51. The molecule has 42 heavy (non-hydrogen) atoms. The van der Waals surface area contributed by atoms with Gasteiger partial charge in [-0.25, -0.2) is 4.79 Å². The predicted molar refractivity (Wildman–Crippen MR) is 161 cm³/mol. The van der Waals surface area contributed by atoms with Crippen molar-refractivity contribution in [3.8, 4) is 0 Å². The van der Waals surface area contributed by atoms with Crippen LogP contribution in [0.3, 0.4) is 0 Å². The molecular formula is C34H34N2O6. The Kier molecular flexibility index (Phi) is 8.91. The van der Waals surface area contributed by atoms with Crippen LogP contribution in [-0.4, -0.2) is 40.9 Å². The minimum atomic E-state index is -0.712. The quantitative estimate of drug-likeness (QED) is 0.0678. The second-order valence-electron chi connectivity index (χ2n) is 10.6. The number of methoxy groups -OCH3 is 1. The van der Waals surface area contributed by atoms with E-state index in [-0.39, 0.29) is 35.8 Å². The zero-order valence-corrected chi connectivity index (χ0v) is 23.9. The molecule has 0 amide bonds. The third kappa shape index (κ3) is 6.03. The molecule has 0 aliphatic heterocycles. The van der Waals surface area contributed by atoms with Gasteiger partial charge in [0, 0.05) is 51.8 Å². The minimum absolute atomic E-state index is 0.0556. The molecule has 0 saturated heterocycles. The van der Waals surface area contributed by atoms with Gasteiger partial charge in [0.1, 0.15) is 5.71 Å². The molecule has 1 heterocycles. The van der Waals surface area contributed by atoms with E-state index in [1.165, 1.54) is 13.5 Å². The number of aryl methyl sites for hydroxylation is 1. The first-order valence-electron chi connectivity index (χ1n) is 14.5. The molecule has 1 aliphatic rings. The number of Topliss-reactive ketones (excluding diaryl/α,β-unsaturated/α-hetero) is 2. The molecule has 5 rings (SSSR count). The van der Waals surface area contributed by atoms with Gasteiger partial charge in [-0.2, -0.15) is 0 Å². The lowest BCUT2D eigenvalue weighted by Gasteiger charge is -2.20. The fourth-order valence-corrected chi connectivity index (χ4v) is 5.75. The van der Waals surface area contributed by atoms with Gasteiger partial charge in [-0.1, -0.05) is 42.6 Å². The first kappa shape index (κ1) is 28.9. The number of esters is 1. The van der Waals surface area contributed by atoms with Crippen molar-refractivity contribution in [2.24, 2.45) is 11.1 Å². The second-order valence-corrected chi connectivity index (χ2v) is 10.6. The first-order valence-corrected chi connectivity index (χ1v) is 14.5. The van der Waals surface area contributed by atoms with Gasteiger partial charge in [0.25, 0.3) is 0 Å². The lowest BCUT2D eigenvalue weighted by molar-refractivity contribution is -0.140. The molecule has 0 atom stereocenters. The molecule has 4 aromatic rings. The van der Waals surface area contributed by atoms with Crippen LogP contribution in [0.1, 0.15) is 82.9 Å². The van der Waals surface area contributed by atoms with Crippen LogP contribution in [-0.2, 0) is 20.9 Å². The van der Waals surface area contributed by atoms with Gasteiger partial charge in [-0.15, -0.1) is 0 Å². The van der Waals surface area contributed by atoms with E-state index in [0.717, 1.165) is 47.5 Å². The molecule has 1 aromatic heterocycles. The Morgan fingerprint density at radius 1 is 0.810 bits per heavy atom. The average Bonchev–Trinajstić information content (AvgIpc) is 3.36. The molecule has 8 heteroatoms. The molecule has 0 N–H and O–H groups in total. The Bertz CT molecular complexity index is 1680. The van der Waals surface area contributed by atoms with Crippen molar-refractivity contribution >= 4 is 51.0 Å². The Hall–Kier alpha value is -4.59. The number of oxime groups is 1. The third-order valence-corrected chi connectivity index (χ3v) is 8.01. The first-order chi connectivity index (χ1) is 20.4. The van der Waals surface area contributed by atoms with E-state index < -0.39 is 17.7 Å². The normalized spacial score (nSPS) is 14.2. The topological polar surface area (TPSA) is 104 Å². The summed E-state index contributed by atoms with van der Waals surface area (Å²) in [4.78, 5) is 56.5. The van der Waals surface area contributed by atoms with E-state index in [1.54, 1.807) is 42.5 Å². The van der Waals surface area contributed by atoms with E-state index in [2.05, 4.69) is 16.6 Å².